The summed E-state index contributed by atoms with van der Waals surface area (Å²) >= 11 is 2.97. The third kappa shape index (κ3) is 3.73. The van der Waals surface area contributed by atoms with Crippen LogP contribution in [-0.2, 0) is 4.74 Å². The molecule has 1 fully saturated rings. The highest BCUT2D eigenvalue weighted by atomic mass is 79.9. The van der Waals surface area contributed by atoms with Gasteiger partial charge in [0.1, 0.15) is 17.2 Å². The van der Waals surface area contributed by atoms with E-state index in [1.165, 1.54) is 0 Å². The van der Waals surface area contributed by atoms with Gasteiger partial charge < -0.3 is 10.1 Å². The summed E-state index contributed by atoms with van der Waals surface area (Å²) in [6.07, 6.45) is 2.79. The molecule has 1 heterocycles. The monoisotopic (exact) mass is 333 g/mol. The normalized spacial score (nSPS) is 18.6. The van der Waals surface area contributed by atoms with Crippen LogP contribution in [0.1, 0.15) is 29.6 Å². The number of ether oxygens (including phenoxy) is 1. The third-order valence-corrected chi connectivity index (χ3v) is 3.47. The number of rotatable bonds is 4. The molecule has 0 radical (unpaired) electrons. The van der Waals surface area contributed by atoms with Gasteiger partial charge in [-0.1, -0.05) is 15.9 Å². The quantitative estimate of drug-likeness (QED) is 0.919. The number of hydrogen-bond donors (Lipinski definition) is 1. The highest BCUT2D eigenvalue weighted by Crippen LogP contribution is 2.19. The molecule has 0 saturated carbocycles. The van der Waals surface area contributed by atoms with Crippen LogP contribution in [0.4, 0.5) is 8.78 Å². The van der Waals surface area contributed by atoms with Crippen LogP contribution in [0.3, 0.4) is 0 Å². The first kappa shape index (κ1) is 14.4. The number of nitrogens with one attached hydrogen (secondary N) is 1. The maximum Gasteiger partial charge on any atom is 0.257 e. The predicted molar refractivity (Wildman–Crippen MR) is 70.0 cm³/mol. The topological polar surface area (TPSA) is 38.3 Å². The average Bonchev–Trinajstić information content (AvgIpc) is 2.80. The van der Waals surface area contributed by atoms with Gasteiger partial charge in [0, 0.05) is 17.6 Å². The highest BCUT2D eigenvalue weighted by Gasteiger charge is 2.19. The highest BCUT2D eigenvalue weighted by molar-refractivity contribution is 9.10. The first-order chi connectivity index (χ1) is 9.08. The minimum Gasteiger partial charge on any atom is -0.378 e. The molecular weight excluding hydrogens is 320 g/mol. The van der Waals surface area contributed by atoms with E-state index in [1.54, 1.807) is 0 Å². The van der Waals surface area contributed by atoms with E-state index in [9.17, 15) is 13.6 Å². The largest absolute Gasteiger partial charge is 0.378 e. The Labute approximate surface area is 118 Å². The predicted octanol–water partition coefficient (Wildman–Crippen LogP) is 3.03. The molecule has 2 rings (SSSR count). The average molecular weight is 334 g/mol. The van der Waals surface area contributed by atoms with Crippen LogP contribution in [-0.4, -0.2) is 25.2 Å². The van der Waals surface area contributed by atoms with Crippen molar-refractivity contribution in [2.75, 3.05) is 13.2 Å². The Bertz CT molecular complexity index is 453. The van der Waals surface area contributed by atoms with Gasteiger partial charge in [-0.15, -0.1) is 0 Å². The molecule has 1 aliphatic heterocycles. The van der Waals surface area contributed by atoms with Gasteiger partial charge in [0.2, 0.25) is 0 Å². The lowest BCUT2D eigenvalue weighted by Gasteiger charge is -2.11. The Morgan fingerprint density at radius 3 is 2.68 bits per heavy atom. The molecule has 1 atom stereocenters. The van der Waals surface area contributed by atoms with Crippen LogP contribution in [0.25, 0.3) is 0 Å². The van der Waals surface area contributed by atoms with E-state index in [4.69, 9.17) is 4.74 Å². The number of halogens is 3. The van der Waals surface area contributed by atoms with Gasteiger partial charge in [-0.05, 0) is 31.4 Å². The van der Waals surface area contributed by atoms with Crippen molar-refractivity contribution in [1.82, 2.24) is 5.32 Å². The first-order valence-electron chi connectivity index (χ1n) is 6.12. The molecule has 1 saturated heterocycles. The van der Waals surface area contributed by atoms with Crippen LogP contribution in [0, 0.1) is 11.6 Å². The van der Waals surface area contributed by atoms with Crippen LogP contribution in [0.2, 0.25) is 0 Å². The van der Waals surface area contributed by atoms with Crippen molar-refractivity contribution >= 4 is 21.8 Å². The summed E-state index contributed by atoms with van der Waals surface area (Å²) in [5.41, 5.74) is -0.546. The Kier molecular flexibility index (Phi) is 4.87. The Balaban J connectivity index is 1.92. The molecule has 1 aromatic rings. The molecule has 1 unspecified atom stereocenters. The zero-order valence-electron chi connectivity index (χ0n) is 10.2. The Morgan fingerprint density at radius 1 is 1.42 bits per heavy atom. The van der Waals surface area contributed by atoms with Gasteiger partial charge in [-0.3, -0.25) is 4.79 Å². The SMILES string of the molecule is O=C(NCCC1CCCO1)c1c(F)cc(Br)cc1F. The van der Waals surface area contributed by atoms with Crippen molar-refractivity contribution in [3.63, 3.8) is 0 Å². The summed E-state index contributed by atoms with van der Waals surface area (Å²) in [6, 6.07) is 2.14. The fourth-order valence-electron chi connectivity index (χ4n) is 2.07. The van der Waals surface area contributed by atoms with Crippen molar-refractivity contribution < 1.29 is 18.3 Å². The van der Waals surface area contributed by atoms with Crippen molar-refractivity contribution in [3.05, 3.63) is 33.8 Å². The van der Waals surface area contributed by atoms with Crippen LogP contribution in [0.5, 0.6) is 0 Å². The van der Waals surface area contributed by atoms with Crippen molar-refractivity contribution in [2.45, 2.75) is 25.4 Å². The fraction of sp³-hybridized carbons (Fsp3) is 0.462. The molecule has 1 amide bonds. The summed E-state index contributed by atoms with van der Waals surface area (Å²) in [5.74, 6) is -2.48. The van der Waals surface area contributed by atoms with Crippen molar-refractivity contribution in [3.8, 4) is 0 Å². The molecule has 1 N–H and O–H groups in total. The van der Waals surface area contributed by atoms with E-state index < -0.39 is 23.1 Å². The number of amides is 1. The van der Waals surface area contributed by atoms with Crippen LogP contribution >= 0.6 is 15.9 Å². The van der Waals surface area contributed by atoms with E-state index in [-0.39, 0.29) is 10.6 Å². The maximum atomic E-state index is 13.5. The number of carbonyl (C=O) groups excluding carboxylic acids is 1. The van der Waals surface area contributed by atoms with Gasteiger partial charge >= 0.3 is 0 Å². The van der Waals surface area contributed by atoms with Crippen LogP contribution in [0.15, 0.2) is 16.6 Å². The molecule has 1 aliphatic rings. The lowest BCUT2D eigenvalue weighted by molar-refractivity contribution is 0.0900. The molecule has 19 heavy (non-hydrogen) atoms. The van der Waals surface area contributed by atoms with Gasteiger partial charge in [0.15, 0.2) is 0 Å². The smallest absolute Gasteiger partial charge is 0.257 e. The minimum atomic E-state index is -0.874. The lowest BCUT2D eigenvalue weighted by Crippen LogP contribution is -2.28. The van der Waals surface area contributed by atoms with Crippen molar-refractivity contribution in [2.24, 2.45) is 0 Å². The van der Waals surface area contributed by atoms with E-state index in [0.29, 0.717) is 13.0 Å². The second-order valence-corrected chi connectivity index (χ2v) is 5.34. The van der Waals surface area contributed by atoms with Gasteiger partial charge in [0.05, 0.1) is 6.10 Å². The maximum absolute atomic E-state index is 13.5. The Hall–Kier alpha value is -1.01. The second-order valence-electron chi connectivity index (χ2n) is 4.42. The molecule has 0 aliphatic carbocycles. The standard InChI is InChI=1S/C13H14BrF2NO2/c14-8-6-10(15)12(11(16)7-8)13(18)17-4-3-9-2-1-5-19-9/h6-7,9H,1-5H2,(H,17,18). The molecule has 6 heteroatoms. The third-order valence-electron chi connectivity index (χ3n) is 3.01. The zero-order valence-corrected chi connectivity index (χ0v) is 11.8. The summed E-state index contributed by atoms with van der Waals surface area (Å²) in [7, 11) is 0. The number of carbonyl (C=O) groups is 1. The first-order valence-corrected chi connectivity index (χ1v) is 6.91. The summed E-state index contributed by atoms with van der Waals surface area (Å²) in [5, 5.41) is 2.51. The molecule has 104 valence electrons. The van der Waals surface area contributed by atoms with E-state index in [0.717, 1.165) is 31.6 Å². The number of benzene rings is 1. The second kappa shape index (κ2) is 6.43. The number of hydrogen-bond acceptors (Lipinski definition) is 2. The van der Waals surface area contributed by atoms with E-state index in [2.05, 4.69) is 21.2 Å². The van der Waals surface area contributed by atoms with E-state index >= 15 is 0 Å². The zero-order chi connectivity index (χ0) is 13.8. The van der Waals surface area contributed by atoms with Crippen LogP contribution < -0.4 is 5.32 Å². The molecule has 0 spiro atoms. The fourth-order valence-corrected chi connectivity index (χ4v) is 2.47. The lowest BCUT2D eigenvalue weighted by atomic mass is 10.1. The van der Waals surface area contributed by atoms with Gasteiger partial charge in [-0.25, -0.2) is 8.78 Å². The summed E-state index contributed by atoms with van der Waals surface area (Å²) in [4.78, 5) is 11.7. The van der Waals surface area contributed by atoms with Gasteiger partial charge in [-0.2, -0.15) is 0 Å². The van der Waals surface area contributed by atoms with E-state index in [1.807, 2.05) is 0 Å². The van der Waals surface area contributed by atoms with Gasteiger partial charge in [0.25, 0.3) is 5.91 Å². The molecule has 3 nitrogen and oxygen atoms in total. The molecule has 0 aromatic heterocycles. The Morgan fingerprint density at radius 2 is 2.11 bits per heavy atom. The minimum absolute atomic E-state index is 0.139. The summed E-state index contributed by atoms with van der Waals surface area (Å²) in [6.45, 7) is 1.09. The molecule has 0 bridgehead atoms. The summed E-state index contributed by atoms with van der Waals surface area (Å²) < 4.78 is 32.7. The van der Waals surface area contributed by atoms with Crippen molar-refractivity contribution in [1.29, 1.82) is 0 Å². The molecular formula is C13H14BrF2NO2. The molecule has 1 aromatic carbocycles.